The van der Waals surface area contributed by atoms with Crippen LogP contribution in [-0.2, 0) is 4.79 Å². The third kappa shape index (κ3) is 3.91. The molecule has 0 aliphatic rings. The molecular weight excluding hydrogens is 300 g/mol. The van der Waals surface area contributed by atoms with Crippen molar-refractivity contribution in [1.82, 2.24) is 0 Å². The molecule has 6 nitrogen and oxygen atoms in total. The minimum Gasteiger partial charge on any atom is -0.499 e. The highest BCUT2D eigenvalue weighted by atomic mass is 16.5. The van der Waals surface area contributed by atoms with Crippen LogP contribution >= 0.6 is 0 Å². The van der Waals surface area contributed by atoms with Gasteiger partial charge in [0.05, 0.1) is 12.0 Å². The second-order valence-corrected chi connectivity index (χ2v) is 4.81. The van der Waals surface area contributed by atoms with Gasteiger partial charge in [0.2, 0.25) is 5.75 Å². The van der Waals surface area contributed by atoms with Crippen LogP contribution in [0.2, 0.25) is 0 Å². The minimum atomic E-state index is -0.948. The first kappa shape index (κ1) is 16.6. The predicted molar refractivity (Wildman–Crippen MR) is 85.0 cm³/mol. The lowest BCUT2D eigenvalue weighted by molar-refractivity contribution is -0.131. The molecule has 0 saturated heterocycles. The molecule has 2 aromatic rings. The molecule has 0 bridgehead atoms. The standard InChI is InChI=1S/C17H18O6/c1-3-4-5-6-10-21-16-12-8-7-9-13(22-11(2)18)15(12)23-17(20)14(16)19/h4-5,7-9,19H,3,6,10H2,1-2H3/b5-4+. The summed E-state index contributed by atoms with van der Waals surface area (Å²) in [5.41, 5.74) is -0.888. The van der Waals surface area contributed by atoms with Crippen molar-refractivity contribution in [3.8, 4) is 17.2 Å². The highest BCUT2D eigenvalue weighted by Crippen LogP contribution is 2.36. The molecule has 0 aliphatic heterocycles. The van der Waals surface area contributed by atoms with E-state index < -0.39 is 17.3 Å². The predicted octanol–water partition coefficient (Wildman–Crippen LogP) is 3.16. The van der Waals surface area contributed by atoms with Crippen molar-refractivity contribution in [2.45, 2.75) is 26.7 Å². The van der Waals surface area contributed by atoms with Gasteiger partial charge in [-0.05, 0) is 25.0 Å². The number of esters is 1. The molecule has 0 unspecified atom stereocenters. The van der Waals surface area contributed by atoms with E-state index in [9.17, 15) is 14.7 Å². The van der Waals surface area contributed by atoms with Crippen LogP contribution in [0.3, 0.4) is 0 Å². The van der Waals surface area contributed by atoms with E-state index in [1.165, 1.54) is 13.0 Å². The molecule has 6 heteroatoms. The number of hydrogen-bond acceptors (Lipinski definition) is 6. The Bertz CT molecular complexity index is 788. The van der Waals surface area contributed by atoms with Crippen LogP contribution in [0.5, 0.6) is 17.2 Å². The first-order valence-electron chi connectivity index (χ1n) is 7.29. The number of carbonyl (C=O) groups excluding carboxylic acids is 1. The normalized spacial score (nSPS) is 11.0. The number of hydrogen-bond donors (Lipinski definition) is 1. The maximum Gasteiger partial charge on any atom is 0.382 e. The van der Waals surface area contributed by atoms with Crippen LogP contribution in [0, 0.1) is 0 Å². The number of para-hydroxylation sites is 1. The number of rotatable bonds is 6. The number of fused-ring (bicyclic) bond motifs is 1. The van der Waals surface area contributed by atoms with E-state index in [4.69, 9.17) is 13.9 Å². The molecule has 122 valence electrons. The van der Waals surface area contributed by atoms with Crippen molar-refractivity contribution >= 4 is 16.9 Å². The molecule has 0 radical (unpaired) electrons. The molecule has 2 rings (SSSR count). The Hall–Kier alpha value is -2.76. The number of allylic oxidation sites excluding steroid dienone is 1. The summed E-state index contributed by atoms with van der Waals surface area (Å²) in [6.07, 6.45) is 5.52. The number of ether oxygens (including phenoxy) is 2. The van der Waals surface area contributed by atoms with E-state index in [-0.39, 0.29) is 17.1 Å². The van der Waals surface area contributed by atoms with Crippen LogP contribution in [0.4, 0.5) is 0 Å². The maximum absolute atomic E-state index is 11.8. The van der Waals surface area contributed by atoms with Gasteiger partial charge in [-0.15, -0.1) is 0 Å². The fraction of sp³-hybridized carbons (Fsp3) is 0.294. The van der Waals surface area contributed by atoms with E-state index in [0.29, 0.717) is 18.4 Å². The van der Waals surface area contributed by atoms with Crippen molar-refractivity contribution in [2.24, 2.45) is 0 Å². The fourth-order valence-electron chi connectivity index (χ4n) is 2.06. The van der Waals surface area contributed by atoms with Gasteiger partial charge in [-0.2, -0.15) is 0 Å². The monoisotopic (exact) mass is 318 g/mol. The molecule has 0 atom stereocenters. The van der Waals surface area contributed by atoms with Gasteiger partial charge in [0, 0.05) is 6.92 Å². The first-order chi connectivity index (χ1) is 11.0. The molecule has 0 spiro atoms. The minimum absolute atomic E-state index is 0.0233. The number of carbonyl (C=O) groups is 1. The molecule has 1 heterocycles. The van der Waals surface area contributed by atoms with E-state index in [2.05, 4.69) is 0 Å². The largest absolute Gasteiger partial charge is 0.499 e. The summed E-state index contributed by atoms with van der Waals surface area (Å²) in [4.78, 5) is 22.9. The summed E-state index contributed by atoms with van der Waals surface area (Å²) in [6.45, 7) is 3.56. The first-order valence-corrected chi connectivity index (χ1v) is 7.29. The summed E-state index contributed by atoms with van der Waals surface area (Å²) in [5, 5.41) is 10.3. The van der Waals surface area contributed by atoms with Crippen LogP contribution in [-0.4, -0.2) is 17.7 Å². The molecule has 23 heavy (non-hydrogen) atoms. The Balaban J connectivity index is 2.42. The van der Waals surface area contributed by atoms with Crippen molar-refractivity contribution < 1.29 is 23.8 Å². The zero-order valence-electron chi connectivity index (χ0n) is 13.0. The van der Waals surface area contributed by atoms with Gasteiger partial charge in [-0.25, -0.2) is 4.79 Å². The van der Waals surface area contributed by atoms with Crippen LogP contribution < -0.4 is 15.1 Å². The number of aromatic hydroxyl groups is 1. The van der Waals surface area contributed by atoms with Gasteiger partial charge in [-0.1, -0.05) is 25.1 Å². The van der Waals surface area contributed by atoms with Crippen molar-refractivity contribution in [1.29, 1.82) is 0 Å². The molecule has 0 saturated carbocycles. The van der Waals surface area contributed by atoms with E-state index >= 15 is 0 Å². The van der Waals surface area contributed by atoms with Crippen LogP contribution in [0.1, 0.15) is 26.7 Å². The Morgan fingerprint density at radius 2 is 2.13 bits per heavy atom. The zero-order chi connectivity index (χ0) is 16.8. The van der Waals surface area contributed by atoms with Gasteiger partial charge in [0.25, 0.3) is 0 Å². The lowest BCUT2D eigenvalue weighted by atomic mass is 10.2. The molecule has 1 aromatic heterocycles. The van der Waals surface area contributed by atoms with Gasteiger partial charge < -0.3 is 19.0 Å². The third-order valence-electron chi connectivity index (χ3n) is 3.01. The Morgan fingerprint density at radius 3 is 2.83 bits per heavy atom. The number of benzene rings is 1. The van der Waals surface area contributed by atoms with Crippen molar-refractivity contribution in [3.05, 3.63) is 40.8 Å². The van der Waals surface area contributed by atoms with Crippen LogP contribution in [0.25, 0.3) is 11.0 Å². The molecule has 1 N–H and O–H groups in total. The van der Waals surface area contributed by atoms with Gasteiger partial charge in [0.15, 0.2) is 17.1 Å². The Labute approximate surface area is 132 Å². The lowest BCUT2D eigenvalue weighted by Gasteiger charge is -2.11. The van der Waals surface area contributed by atoms with E-state index in [0.717, 1.165) is 6.42 Å². The molecular formula is C17H18O6. The molecule has 0 aliphatic carbocycles. The lowest BCUT2D eigenvalue weighted by Crippen LogP contribution is -2.07. The summed E-state index contributed by atoms with van der Waals surface area (Å²) >= 11 is 0. The van der Waals surface area contributed by atoms with Crippen LogP contribution in [0.15, 0.2) is 39.6 Å². The second kappa shape index (κ2) is 7.49. The summed E-state index contributed by atoms with van der Waals surface area (Å²) in [5.74, 6) is -1.02. The van der Waals surface area contributed by atoms with E-state index in [1.54, 1.807) is 12.1 Å². The molecule has 0 fully saturated rings. The fourth-order valence-corrected chi connectivity index (χ4v) is 2.06. The third-order valence-corrected chi connectivity index (χ3v) is 3.01. The van der Waals surface area contributed by atoms with Gasteiger partial charge >= 0.3 is 11.6 Å². The maximum atomic E-state index is 11.8. The summed E-state index contributed by atoms with van der Waals surface area (Å²) in [7, 11) is 0. The second-order valence-electron chi connectivity index (χ2n) is 4.81. The average molecular weight is 318 g/mol. The smallest absolute Gasteiger partial charge is 0.382 e. The quantitative estimate of drug-likeness (QED) is 0.289. The highest BCUT2D eigenvalue weighted by molar-refractivity contribution is 5.91. The van der Waals surface area contributed by atoms with Crippen molar-refractivity contribution in [3.63, 3.8) is 0 Å². The Kier molecular flexibility index (Phi) is 5.41. The highest BCUT2D eigenvalue weighted by Gasteiger charge is 2.18. The SMILES string of the molecule is CC/C=C/CCOc1c(O)c(=O)oc2c(OC(C)=O)cccc12. The van der Waals surface area contributed by atoms with Gasteiger partial charge in [0.1, 0.15) is 0 Å². The zero-order valence-corrected chi connectivity index (χ0v) is 13.0. The van der Waals surface area contributed by atoms with E-state index in [1.807, 2.05) is 19.1 Å². The van der Waals surface area contributed by atoms with Gasteiger partial charge in [-0.3, -0.25) is 4.79 Å². The van der Waals surface area contributed by atoms with Crippen molar-refractivity contribution in [2.75, 3.05) is 6.61 Å². The molecule has 0 amide bonds. The topological polar surface area (TPSA) is 86.0 Å². The Morgan fingerprint density at radius 1 is 1.35 bits per heavy atom. The summed E-state index contributed by atoms with van der Waals surface area (Å²) < 4.78 is 15.6. The summed E-state index contributed by atoms with van der Waals surface area (Å²) in [6, 6.07) is 4.73. The average Bonchev–Trinajstić information content (AvgIpc) is 2.51. The molecule has 1 aromatic carbocycles.